The van der Waals surface area contributed by atoms with Crippen LogP contribution in [0.3, 0.4) is 0 Å². The van der Waals surface area contributed by atoms with Gasteiger partial charge in [-0.15, -0.1) is 11.3 Å². The van der Waals surface area contributed by atoms with Crippen molar-refractivity contribution in [1.82, 2.24) is 34.1 Å². The largest absolute Gasteiger partial charge is 0.378 e. The number of ether oxygens (including phenoxy) is 1. The number of sulfonamides is 1. The molecular formula is C23H26N8O3S2. The molecule has 4 aromatic rings. The van der Waals surface area contributed by atoms with Crippen molar-refractivity contribution in [2.45, 2.75) is 6.54 Å². The minimum absolute atomic E-state index is 0.518. The number of fused-ring (bicyclic) bond motifs is 2. The molecule has 0 bridgehead atoms. The van der Waals surface area contributed by atoms with Crippen molar-refractivity contribution >= 4 is 48.6 Å². The summed E-state index contributed by atoms with van der Waals surface area (Å²) in [6.45, 7) is 6.07. The molecule has 0 aromatic carbocycles. The highest BCUT2D eigenvalue weighted by molar-refractivity contribution is 7.88. The maximum Gasteiger partial charge on any atom is 0.211 e. The number of anilines is 1. The molecule has 6 rings (SSSR count). The van der Waals surface area contributed by atoms with Gasteiger partial charge in [-0.3, -0.25) is 9.88 Å². The van der Waals surface area contributed by atoms with E-state index in [9.17, 15) is 8.42 Å². The van der Waals surface area contributed by atoms with E-state index in [1.54, 1.807) is 34.2 Å². The lowest BCUT2D eigenvalue weighted by molar-refractivity contribution is 0.122. The Kier molecular flexibility index (Phi) is 6.25. The molecule has 13 heteroatoms. The maximum atomic E-state index is 11.8. The van der Waals surface area contributed by atoms with E-state index in [0.29, 0.717) is 56.4 Å². The van der Waals surface area contributed by atoms with Crippen LogP contribution < -0.4 is 4.90 Å². The summed E-state index contributed by atoms with van der Waals surface area (Å²) >= 11 is 1.66. The number of aromatic nitrogens is 5. The van der Waals surface area contributed by atoms with Crippen LogP contribution in [-0.2, 0) is 21.3 Å². The Hall–Kier alpha value is -2.84. The van der Waals surface area contributed by atoms with E-state index < -0.39 is 10.0 Å². The van der Waals surface area contributed by atoms with Gasteiger partial charge in [0.15, 0.2) is 11.5 Å². The second-order valence-corrected chi connectivity index (χ2v) is 12.1. The van der Waals surface area contributed by atoms with Crippen LogP contribution in [0.4, 0.5) is 5.82 Å². The fourth-order valence-electron chi connectivity index (χ4n) is 4.60. The second kappa shape index (κ2) is 9.56. The lowest BCUT2D eigenvalue weighted by Gasteiger charge is -2.32. The Morgan fingerprint density at radius 1 is 0.972 bits per heavy atom. The zero-order chi connectivity index (χ0) is 24.7. The number of nitrogens with zero attached hydrogens (tertiary/aromatic N) is 8. The highest BCUT2D eigenvalue weighted by atomic mass is 32.2. The molecule has 36 heavy (non-hydrogen) atoms. The number of rotatable bonds is 5. The zero-order valence-corrected chi connectivity index (χ0v) is 21.5. The fourth-order valence-corrected chi connectivity index (χ4v) is 6.49. The Morgan fingerprint density at radius 2 is 1.75 bits per heavy atom. The van der Waals surface area contributed by atoms with Crippen molar-refractivity contribution in [3.8, 4) is 11.4 Å². The normalized spacial score (nSPS) is 18.3. The fraction of sp³-hybridized carbons (Fsp3) is 0.435. The third-order valence-electron chi connectivity index (χ3n) is 6.50. The number of piperazine rings is 1. The summed E-state index contributed by atoms with van der Waals surface area (Å²) < 4.78 is 30.8. The first-order chi connectivity index (χ1) is 17.4. The third kappa shape index (κ3) is 4.76. The van der Waals surface area contributed by atoms with Gasteiger partial charge in [-0.05, 0) is 12.1 Å². The highest BCUT2D eigenvalue weighted by Crippen LogP contribution is 2.34. The summed E-state index contributed by atoms with van der Waals surface area (Å²) in [5, 5.41) is 1.03. The van der Waals surface area contributed by atoms with Crippen LogP contribution in [0.5, 0.6) is 0 Å². The van der Waals surface area contributed by atoms with Crippen molar-refractivity contribution in [2.75, 3.05) is 63.6 Å². The summed E-state index contributed by atoms with van der Waals surface area (Å²) in [6, 6.07) is 4.11. The number of morpholine rings is 1. The van der Waals surface area contributed by atoms with Crippen molar-refractivity contribution in [3.63, 3.8) is 0 Å². The van der Waals surface area contributed by atoms with Crippen LogP contribution in [0, 0.1) is 0 Å². The first-order valence-electron chi connectivity index (χ1n) is 11.8. The quantitative estimate of drug-likeness (QED) is 0.380. The smallest absolute Gasteiger partial charge is 0.211 e. The van der Waals surface area contributed by atoms with Crippen molar-refractivity contribution in [1.29, 1.82) is 0 Å². The molecule has 0 atom stereocenters. The molecule has 0 saturated carbocycles. The number of pyridine rings is 1. The Labute approximate surface area is 212 Å². The monoisotopic (exact) mass is 526 g/mol. The second-order valence-electron chi connectivity index (χ2n) is 8.96. The molecule has 0 N–H and O–H groups in total. The molecule has 4 aromatic heterocycles. The van der Waals surface area contributed by atoms with Crippen LogP contribution >= 0.6 is 11.3 Å². The predicted molar refractivity (Wildman–Crippen MR) is 138 cm³/mol. The van der Waals surface area contributed by atoms with E-state index in [2.05, 4.69) is 30.8 Å². The van der Waals surface area contributed by atoms with E-state index in [0.717, 1.165) is 41.2 Å². The molecule has 0 aliphatic carbocycles. The maximum absolute atomic E-state index is 11.8. The van der Waals surface area contributed by atoms with Gasteiger partial charge in [0.05, 0.1) is 24.9 Å². The molecule has 0 spiro atoms. The van der Waals surface area contributed by atoms with Crippen LogP contribution in [-0.4, -0.2) is 101 Å². The first kappa shape index (κ1) is 23.6. The number of thiophene rings is 1. The molecule has 0 unspecified atom stereocenters. The lowest BCUT2D eigenvalue weighted by atomic mass is 10.2. The zero-order valence-electron chi connectivity index (χ0n) is 19.9. The number of hydrogen-bond acceptors (Lipinski definition) is 11. The SMILES string of the molecule is CS(=O)(=O)N1CCN(Cc2cc3c(N4CCOCC4)nc(-c4cnc5nccnc5c4)nc3s2)CC1. The van der Waals surface area contributed by atoms with Crippen LogP contribution in [0.2, 0.25) is 0 Å². The van der Waals surface area contributed by atoms with Gasteiger partial charge in [0.2, 0.25) is 10.0 Å². The van der Waals surface area contributed by atoms with Gasteiger partial charge in [-0.25, -0.2) is 28.4 Å². The van der Waals surface area contributed by atoms with E-state index >= 15 is 0 Å². The van der Waals surface area contributed by atoms with Crippen LogP contribution in [0.15, 0.2) is 30.7 Å². The summed E-state index contributed by atoms with van der Waals surface area (Å²) in [6.07, 6.45) is 6.30. The van der Waals surface area contributed by atoms with Gasteiger partial charge >= 0.3 is 0 Å². The molecule has 2 aliphatic heterocycles. The van der Waals surface area contributed by atoms with E-state index in [4.69, 9.17) is 14.7 Å². The molecule has 2 aliphatic rings. The number of hydrogen-bond donors (Lipinski definition) is 0. The van der Waals surface area contributed by atoms with Gasteiger partial charge < -0.3 is 9.64 Å². The van der Waals surface area contributed by atoms with Crippen molar-refractivity contribution in [2.24, 2.45) is 0 Å². The average molecular weight is 527 g/mol. The molecule has 2 saturated heterocycles. The van der Waals surface area contributed by atoms with E-state index in [-0.39, 0.29) is 0 Å². The summed E-state index contributed by atoms with van der Waals surface area (Å²) in [5.41, 5.74) is 2.09. The Bertz CT molecular complexity index is 1510. The molecule has 0 amide bonds. The summed E-state index contributed by atoms with van der Waals surface area (Å²) in [4.78, 5) is 29.7. The summed E-state index contributed by atoms with van der Waals surface area (Å²) in [7, 11) is -3.14. The Morgan fingerprint density at radius 3 is 2.53 bits per heavy atom. The average Bonchev–Trinajstić information content (AvgIpc) is 3.30. The predicted octanol–water partition coefficient (Wildman–Crippen LogP) is 1.61. The minimum Gasteiger partial charge on any atom is -0.378 e. The standard InChI is InChI=1S/C23H26N8O3S2/c1-36(32,33)31-6-4-29(5-7-31)15-17-13-18-22(30-8-10-34-11-9-30)27-20(28-23(18)35-17)16-12-19-21(26-14-16)25-3-2-24-19/h2-3,12-14H,4-11,15H2,1H3. The lowest BCUT2D eigenvalue weighted by Crippen LogP contribution is -2.47. The Balaban J connectivity index is 1.34. The van der Waals surface area contributed by atoms with Gasteiger partial charge in [0.25, 0.3) is 0 Å². The van der Waals surface area contributed by atoms with Gasteiger partial charge in [0.1, 0.15) is 16.2 Å². The third-order valence-corrected chi connectivity index (χ3v) is 8.81. The topological polar surface area (TPSA) is 118 Å². The molecule has 2 fully saturated rings. The van der Waals surface area contributed by atoms with Gasteiger partial charge in [-0.2, -0.15) is 4.31 Å². The van der Waals surface area contributed by atoms with E-state index in [1.165, 1.54) is 11.1 Å². The van der Waals surface area contributed by atoms with Crippen LogP contribution in [0.25, 0.3) is 32.8 Å². The van der Waals surface area contributed by atoms with E-state index in [1.807, 2.05) is 6.07 Å². The molecular weight excluding hydrogens is 500 g/mol. The first-order valence-corrected chi connectivity index (χ1v) is 14.5. The molecule has 188 valence electrons. The molecule has 6 heterocycles. The minimum atomic E-state index is -3.14. The van der Waals surface area contributed by atoms with Gasteiger partial charge in [0, 0.05) is 74.8 Å². The highest BCUT2D eigenvalue weighted by Gasteiger charge is 2.25. The summed E-state index contributed by atoms with van der Waals surface area (Å²) in [5.74, 6) is 1.51. The van der Waals surface area contributed by atoms with Crippen LogP contribution in [0.1, 0.15) is 4.88 Å². The molecule has 0 radical (unpaired) electrons. The van der Waals surface area contributed by atoms with Gasteiger partial charge in [-0.1, -0.05) is 0 Å². The molecule has 11 nitrogen and oxygen atoms in total. The van der Waals surface area contributed by atoms with Crippen molar-refractivity contribution < 1.29 is 13.2 Å². The van der Waals surface area contributed by atoms with Crippen molar-refractivity contribution in [3.05, 3.63) is 35.6 Å².